The maximum atomic E-state index is 13.0. The number of hydrogen-bond donors (Lipinski definition) is 0. The van der Waals surface area contributed by atoms with Gasteiger partial charge in [-0.05, 0) is 36.6 Å². The van der Waals surface area contributed by atoms with Gasteiger partial charge in [-0.3, -0.25) is 9.59 Å². The monoisotopic (exact) mass is 412 g/mol. The Balaban J connectivity index is 1.37. The molecule has 1 saturated heterocycles. The zero-order chi connectivity index (χ0) is 20.4. The van der Waals surface area contributed by atoms with Gasteiger partial charge in [0.1, 0.15) is 6.61 Å². The van der Waals surface area contributed by atoms with Crippen LogP contribution in [0.2, 0.25) is 0 Å². The van der Waals surface area contributed by atoms with E-state index in [0.717, 1.165) is 16.3 Å². The molecule has 0 aliphatic carbocycles. The molecule has 6 nitrogen and oxygen atoms in total. The van der Waals surface area contributed by atoms with Gasteiger partial charge in [0.05, 0.1) is 12.5 Å². The molecule has 0 bridgehead atoms. The minimum atomic E-state index is -0.345. The molecule has 2 aromatic rings. The highest BCUT2D eigenvalue weighted by atomic mass is 32.2. The van der Waals surface area contributed by atoms with Crippen molar-refractivity contribution in [2.75, 3.05) is 37.9 Å². The Morgan fingerprint density at radius 2 is 2.00 bits per heavy atom. The van der Waals surface area contributed by atoms with Crippen molar-refractivity contribution < 1.29 is 19.1 Å². The van der Waals surface area contributed by atoms with E-state index in [1.807, 2.05) is 54.8 Å². The Hall–Kier alpha value is -2.67. The molecule has 7 heteroatoms. The van der Waals surface area contributed by atoms with Gasteiger partial charge in [-0.1, -0.05) is 18.2 Å². The van der Waals surface area contributed by atoms with E-state index in [4.69, 9.17) is 9.47 Å². The number of amides is 2. The van der Waals surface area contributed by atoms with Crippen LogP contribution in [0, 0.1) is 5.92 Å². The van der Waals surface area contributed by atoms with Gasteiger partial charge in [-0.2, -0.15) is 0 Å². The maximum Gasteiger partial charge on any atom is 0.227 e. The van der Waals surface area contributed by atoms with E-state index >= 15 is 0 Å². The lowest BCUT2D eigenvalue weighted by molar-refractivity contribution is -0.135. The van der Waals surface area contributed by atoms with E-state index in [1.165, 1.54) is 0 Å². The Bertz CT molecular complexity index is 919. The number of fused-ring (bicyclic) bond motifs is 1. The summed E-state index contributed by atoms with van der Waals surface area (Å²) in [5.41, 5.74) is 0.848. The van der Waals surface area contributed by atoms with Crippen LogP contribution in [0.4, 0.5) is 5.69 Å². The third kappa shape index (κ3) is 4.19. The van der Waals surface area contributed by atoms with Gasteiger partial charge in [-0.25, -0.2) is 0 Å². The maximum absolute atomic E-state index is 13.0. The van der Waals surface area contributed by atoms with Crippen LogP contribution in [0.25, 0.3) is 0 Å². The minimum absolute atomic E-state index is 0.0128. The van der Waals surface area contributed by atoms with Gasteiger partial charge >= 0.3 is 0 Å². The molecule has 29 heavy (non-hydrogen) atoms. The topological polar surface area (TPSA) is 59.1 Å². The summed E-state index contributed by atoms with van der Waals surface area (Å²) < 4.78 is 11.7. The van der Waals surface area contributed by atoms with Gasteiger partial charge in [-0.15, -0.1) is 11.8 Å². The lowest BCUT2D eigenvalue weighted by Crippen LogP contribution is -2.44. The van der Waals surface area contributed by atoms with E-state index in [1.54, 1.807) is 28.6 Å². The molecular formula is C22H24N2O4S. The third-order valence-corrected chi connectivity index (χ3v) is 5.99. The molecule has 2 amide bonds. The summed E-state index contributed by atoms with van der Waals surface area (Å²) in [4.78, 5) is 30.0. The first-order chi connectivity index (χ1) is 14.0. The molecule has 0 saturated carbocycles. The predicted molar refractivity (Wildman–Crippen MR) is 113 cm³/mol. The summed E-state index contributed by atoms with van der Waals surface area (Å²) in [6, 6.07) is 15.4. The van der Waals surface area contributed by atoms with E-state index < -0.39 is 0 Å². The Morgan fingerprint density at radius 3 is 2.79 bits per heavy atom. The zero-order valence-corrected chi connectivity index (χ0v) is 17.4. The summed E-state index contributed by atoms with van der Waals surface area (Å²) in [5, 5.41) is 0. The SMILES string of the molecule is CSc1cccc(N2C[C@@H](C(=O)N(C)C[C@@H]3COc4ccccc4O3)CC2=O)c1. The molecule has 0 unspecified atom stereocenters. The molecule has 2 heterocycles. The van der Waals surface area contributed by atoms with E-state index in [0.29, 0.717) is 25.4 Å². The van der Waals surface area contributed by atoms with Crippen LogP contribution >= 0.6 is 11.8 Å². The second kappa shape index (κ2) is 8.37. The van der Waals surface area contributed by atoms with Gasteiger partial charge < -0.3 is 19.3 Å². The lowest BCUT2D eigenvalue weighted by Gasteiger charge is -2.30. The molecule has 0 aromatic heterocycles. The number of carbonyl (C=O) groups is 2. The quantitative estimate of drug-likeness (QED) is 0.707. The van der Waals surface area contributed by atoms with Crippen LogP contribution < -0.4 is 14.4 Å². The molecule has 2 aliphatic heterocycles. The minimum Gasteiger partial charge on any atom is -0.486 e. The summed E-state index contributed by atoms with van der Waals surface area (Å²) in [6.07, 6.45) is 2.00. The van der Waals surface area contributed by atoms with E-state index in [2.05, 4.69) is 0 Å². The standard InChI is InChI=1S/C22H24N2O4S/c1-23(13-17-14-27-19-8-3-4-9-20(19)28-17)22(26)15-10-21(25)24(12-15)16-6-5-7-18(11-16)29-2/h3-9,11,15,17H,10,12-14H2,1-2H3/t15-,17+/m0/s1. The summed E-state index contributed by atoms with van der Waals surface area (Å²) in [6.45, 7) is 1.22. The van der Waals surface area contributed by atoms with Crippen molar-refractivity contribution in [3.05, 3.63) is 48.5 Å². The first-order valence-corrected chi connectivity index (χ1v) is 10.9. The third-order valence-electron chi connectivity index (χ3n) is 5.26. The number of likely N-dealkylation sites (N-methyl/N-ethyl adjacent to an activating group) is 1. The molecule has 0 radical (unpaired) electrons. The van der Waals surface area contributed by atoms with Crippen molar-refractivity contribution in [2.24, 2.45) is 5.92 Å². The van der Waals surface area contributed by atoms with E-state index in [-0.39, 0.29) is 30.3 Å². The highest BCUT2D eigenvalue weighted by molar-refractivity contribution is 7.98. The van der Waals surface area contributed by atoms with E-state index in [9.17, 15) is 9.59 Å². The van der Waals surface area contributed by atoms with Crippen molar-refractivity contribution in [2.45, 2.75) is 17.4 Å². The summed E-state index contributed by atoms with van der Waals surface area (Å²) in [5.74, 6) is 1.02. The van der Waals surface area contributed by atoms with Gasteiger partial charge in [0.2, 0.25) is 11.8 Å². The first kappa shape index (κ1) is 19.6. The number of carbonyl (C=O) groups excluding carboxylic acids is 2. The molecule has 0 N–H and O–H groups in total. The summed E-state index contributed by atoms with van der Waals surface area (Å²) >= 11 is 1.63. The first-order valence-electron chi connectivity index (χ1n) is 9.63. The smallest absolute Gasteiger partial charge is 0.227 e. The number of benzene rings is 2. The number of anilines is 1. The number of rotatable bonds is 5. The van der Waals surface area contributed by atoms with Crippen LogP contribution in [0.1, 0.15) is 6.42 Å². The highest BCUT2D eigenvalue weighted by Crippen LogP contribution is 2.32. The normalized spacial score (nSPS) is 20.6. The molecule has 2 aliphatic rings. The Kier molecular flexibility index (Phi) is 5.67. The van der Waals surface area contributed by atoms with Crippen LogP contribution in [-0.2, 0) is 9.59 Å². The molecule has 0 spiro atoms. The van der Waals surface area contributed by atoms with Crippen LogP contribution in [0.15, 0.2) is 53.4 Å². The predicted octanol–water partition coefficient (Wildman–Crippen LogP) is 3.06. The van der Waals surface area contributed by atoms with Crippen molar-refractivity contribution in [1.29, 1.82) is 0 Å². The number of thioether (sulfide) groups is 1. The number of para-hydroxylation sites is 2. The fourth-order valence-corrected chi connectivity index (χ4v) is 4.21. The average molecular weight is 413 g/mol. The molecule has 2 atom stereocenters. The van der Waals surface area contributed by atoms with Crippen LogP contribution in [-0.4, -0.2) is 55.8 Å². The van der Waals surface area contributed by atoms with Crippen molar-refractivity contribution in [3.63, 3.8) is 0 Å². The van der Waals surface area contributed by atoms with Crippen LogP contribution in [0.5, 0.6) is 11.5 Å². The lowest BCUT2D eigenvalue weighted by atomic mass is 10.1. The molecular weight excluding hydrogens is 388 g/mol. The molecule has 1 fully saturated rings. The Morgan fingerprint density at radius 1 is 1.21 bits per heavy atom. The average Bonchev–Trinajstić information content (AvgIpc) is 3.14. The van der Waals surface area contributed by atoms with Crippen LogP contribution in [0.3, 0.4) is 0 Å². The van der Waals surface area contributed by atoms with Crippen molar-refractivity contribution in [3.8, 4) is 11.5 Å². The summed E-state index contributed by atoms with van der Waals surface area (Å²) in [7, 11) is 1.76. The number of hydrogen-bond acceptors (Lipinski definition) is 5. The fraction of sp³-hybridized carbons (Fsp3) is 0.364. The second-order valence-electron chi connectivity index (χ2n) is 7.32. The van der Waals surface area contributed by atoms with Crippen molar-refractivity contribution in [1.82, 2.24) is 4.90 Å². The van der Waals surface area contributed by atoms with Gasteiger partial charge in [0.25, 0.3) is 0 Å². The largest absolute Gasteiger partial charge is 0.486 e. The fourth-order valence-electron chi connectivity index (χ4n) is 3.76. The second-order valence-corrected chi connectivity index (χ2v) is 8.20. The number of nitrogens with zero attached hydrogens (tertiary/aromatic N) is 2. The zero-order valence-electron chi connectivity index (χ0n) is 16.5. The van der Waals surface area contributed by atoms with Crippen molar-refractivity contribution >= 4 is 29.3 Å². The number of ether oxygens (including phenoxy) is 2. The highest BCUT2D eigenvalue weighted by Gasteiger charge is 2.37. The van der Waals surface area contributed by atoms with Gasteiger partial charge in [0, 0.05) is 30.6 Å². The Labute approximate surface area is 174 Å². The van der Waals surface area contributed by atoms with Gasteiger partial charge in [0.15, 0.2) is 17.6 Å². The molecule has 152 valence electrons. The molecule has 2 aromatic carbocycles. The molecule has 4 rings (SSSR count).